The highest BCUT2D eigenvalue weighted by atomic mass is 14.8. The molecule has 0 unspecified atom stereocenters. The zero-order valence-electron chi connectivity index (χ0n) is 7.49. The van der Waals surface area contributed by atoms with Gasteiger partial charge in [0.25, 0.3) is 0 Å². The smallest absolute Gasteiger partial charge is 0.115 e. The number of nitrogens with zero attached hydrogens (tertiary/aromatic N) is 2. The van der Waals surface area contributed by atoms with E-state index >= 15 is 0 Å². The third-order valence-electron chi connectivity index (χ3n) is 1.93. The summed E-state index contributed by atoms with van der Waals surface area (Å²) in [5.41, 5.74) is 3.51. The Morgan fingerprint density at radius 1 is 1.31 bits per heavy atom. The van der Waals surface area contributed by atoms with Gasteiger partial charge >= 0.3 is 0 Å². The summed E-state index contributed by atoms with van der Waals surface area (Å²) in [6.07, 6.45) is 9.31. The van der Waals surface area contributed by atoms with Crippen LogP contribution in [0.4, 0.5) is 0 Å². The Hall–Kier alpha value is -1.64. The van der Waals surface area contributed by atoms with Crippen LogP contribution in [0.15, 0.2) is 36.6 Å². The Bertz CT molecular complexity index is 352. The maximum atomic E-state index is 3.98. The first-order valence-electron chi connectivity index (χ1n) is 4.22. The molecule has 2 rings (SSSR count). The van der Waals surface area contributed by atoms with Crippen LogP contribution in [0.5, 0.6) is 0 Å². The summed E-state index contributed by atoms with van der Waals surface area (Å²) in [7, 11) is 0. The number of hydrogen-bond acceptors (Lipinski definition) is 3. The second-order valence-corrected chi connectivity index (χ2v) is 3.10. The molecule has 0 radical (unpaired) electrons. The van der Waals surface area contributed by atoms with Crippen LogP contribution < -0.4 is 5.32 Å². The van der Waals surface area contributed by atoms with Gasteiger partial charge in [-0.25, -0.2) is 9.97 Å². The zero-order chi connectivity index (χ0) is 9.10. The molecule has 0 amide bonds. The van der Waals surface area contributed by atoms with Gasteiger partial charge in [-0.3, -0.25) is 0 Å². The Kier molecular flexibility index (Phi) is 2.08. The van der Waals surface area contributed by atoms with E-state index in [2.05, 4.69) is 28.3 Å². The average molecular weight is 173 g/mol. The molecule has 1 N–H and O–H groups in total. The minimum Gasteiger partial charge on any atom is -0.387 e. The van der Waals surface area contributed by atoms with Crippen molar-refractivity contribution in [1.29, 1.82) is 0 Å². The summed E-state index contributed by atoms with van der Waals surface area (Å²) in [6, 6.07) is 0. The zero-order valence-corrected chi connectivity index (χ0v) is 7.49. The molecule has 3 nitrogen and oxygen atoms in total. The molecule has 0 saturated heterocycles. The lowest BCUT2D eigenvalue weighted by Gasteiger charge is -2.11. The van der Waals surface area contributed by atoms with E-state index in [1.165, 1.54) is 11.9 Å². The van der Waals surface area contributed by atoms with E-state index < -0.39 is 0 Å². The largest absolute Gasteiger partial charge is 0.387 e. The van der Waals surface area contributed by atoms with E-state index in [1.807, 2.05) is 18.6 Å². The molecule has 1 aliphatic heterocycles. The molecule has 1 aliphatic rings. The molecule has 0 bridgehead atoms. The molecule has 13 heavy (non-hydrogen) atoms. The van der Waals surface area contributed by atoms with Crippen molar-refractivity contribution < 1.29 is 0 Å². The minimum absolute atomic E-state index is 0.928. The Morgan fingerprint density at radius 3 is 2.77 bits per heavy atom. The number of hydrogen-bond donors (Lipinski definition) is 1. The first-order valence-corrected chi connectivity index (χ1v) is 4.22. The maximum Gasteiger partial charge on any atom is 0.115 e. The Labute approximate surface area is 77.2 Å². The Balaban J connectivity index is 2.33. The SMILES string of the molecule is CC1=CC(c2cncnc2)=CNC1. The lowest BCUT2D eigenvalue weighted by molar-refractivity contribution is 0.924. The Morgan fingerprint density at radius 2 is 2.08 bits per heavy atom. The number of dihydropyridines is 1. The van der Waals surface area contributed by atoms with Gasteiger partial charge in [-0.15, -0.1) is 0 Å². The lowest BCUT2D eigenvalue weighted by atomic mass is 10.1. The molecular formula is C10H11N3. The van der Waals surface area contributed by atoms with E-state index in [-0.39, 0.29) is 0 Å². The highest BCUT2D eigenvalue weighted by Crippen LogP contribution is 2.16. The minimum atomic E-state index is 0.928. The molecule has 0 fully saturated rings. The van der Waals surface area contributed by atoms with Crippen LogP contribution >= 0.6 is 0 Å². The fourth-order valence-electron chi connectivity index (χ4n) is 1.29. The first kappa shape index (κ1) is 7.98. The predicted molar refractivity (Wildman–Crippen MR) is 51.8 cm³/mol. The molecule has 66 valence electrons. The highest BCUT2D eigenvalue weighted by molar-refractivity contribution is 5.74. The van der Waals surface area contributed by atoms with Gasteiger partial charge in [0.05, 0.1) is 0 Å². The third kappa shape index (κ3) is 1.75. The van der Waals surface area contributed by atoms with Crippen LogP contribution in [0.25, 0.3) is 5.57 Å². The molecule has 0 aromatic carbocycles. The van der Waals surface area contributed by atoms with Gasteiger partial charge in [-0.2, -0.15) is 0 Å². The molecule has 0 spiro atoms. The van der Waals surface area contributed by atoms with E-state index in [1.54, 1.807) is 0 Å². The molecule has 2 heterocycles. The summed E-state index contributed by atoms with van der Waals surface area (Å²) >= 11 is 0. The van der Waals surface area contributed by atoms with Crippen molar-refractivity contribution in [2.75, 3.05) is 6.54 Å². The van der Waals surface area contributed by atoms with Gasteiger partial charge in [0.2, 0.25) is 0 Å². The van der Waals surface area contributed by atoms with Crippen molar-refractivity contribution in [3.8, 4) is 0 Å². The standard InChI is InChI=1S/C10H11N3/c1-8-2-9(4-11-3-8)10-5-12-7-13-6-10/h2,4-7,11H,3H2,1H3. The normalized spacial score (nSPS) is 15.8. The fourth-order valence-corrected chi connectivity index (χ4v) is 1.29. The lowest BCUT2D eigenvalue weighted by Crippen LogP contribution is -2.13. The first-order chi connectivity index (χ1) is 6.36. The van der Waals surface area contributed by atoms with Crippen LogP contribution in [0, 0.1) is 0 Å². The van der Waals surface area contributed by atoms with E-state index in [4.69, 9.17) is 0 Å². The second kappa shape index (κ2) is 3.39. The van der Waals surface area contributed by atoms with E-state index in [9.17, 15) is 0 Å². The molecule has 0 saturated carbocycles. The molecular weight excluding hydrogens is 162 g/mol. The number of nitrogens with one attached hydrogen (secondary N) is 1. The van der Waals surface area contributed by atoms with Gasteiger partial charge in [-0.1, -0.05) is 11.6 Å². The molecule has 1 aromatic rings. The van der Waals surface area contributed by atoms with Gasteiger partial charge in [-0.05, 0) is 6.92 Å². The van der Waals surface area contributed by atoms with Crippen LogP contribution in [0.1, 0.15) is 12.5 Å². The number of allylic oxidation sites excluding steroid dienone is 2. The summed E-state index contributed by atoms with van der Waals surface area (Å²) in [5.74, 6) is 0. The van der Waals surface area contributed by atoms with Gasteiger partial charge in [0.15, 0.2) is 0 Å². The van der Waals surface area contributed by atoms with Crippen molar-refractivity contribution in [3.63, 3.8) is 0 Å². The molecule has 0 aliphatic carbocycles. The summed E-state index contributed by atoms with van der Waals surface area (Å²) in [6.45, 7) is 3.03. The van der Waals surface area contributed by atoms with Gasteiger partial charge in [0, 0.05) is 36.3 Å². The van der Waals surface area contributed by atoms with Gasteiger partial charge < -0.3 is 5.32 Å². The fraction of sp³-hybridized carbons (Fsp3) is 0.200. The summed E-state index contributed by atoms with van der Waals surface area (Å²) in [4.78, 5) is 7.95. The monoisotopic (exact) mass is 173 g/mol. The molecule has 3 heteroatoms. The predicted octanol–water partition coefficient (Wildman–Crippen LogP) is 1.37. The molecule has 0 atom stereocenters. The van der Waals surface area contributed by atoms with Crippen LogP contribution in [-0.4, -0.2) is 16.5 Å². The highest BCUT2D eigenvalue weighted by Gasteiger charge is 2.03. The number of aromatic nitrogens is 2. The topological polar surface area (TPSA) is 37.8 Å². The average Bonchev–Trinajstić information content (AvgIpc) is 2.19. The van der Waals surface area contributed by atoms with E-state index in [0.29, 0.717) is 0 Å². The summed E-state index contributed by atoms with van der Waals surface area (Å²) < 4.78 is 0. The van der Waals surface area contributed by atoms with Crippen molar-refractivity contribution in [2.45, 2.75) is 6.92 Å². The second-order valence-electron chi connectivity index (χ2n) is 3.10. The van der Waals surface area contributed by atoms with Crippen molar-refractivity contribution in [2.24, 2.45) is 0 Å². The van der Waals surface area contributed by atoms with Crippen molar-refractivity contribution in [3.05, 3.63) is 42.1 Å². The van der Waals surface area contributed by atoms with E-state index in [0.717, 1.165) is 17.7 Å². The van der Waals surface area contributed by atoms with Crippen LogP contribution in [-0.2, 0) is 0 Å². The summed E-state index contributed by atoms with van der Waals surface area (Å²) in [5, 5.41) is 3.20. The van der Waals surface area contributed by atoms with Crippen molar-refractivity contribution >= 4 is 5.57 Å². The van der Waals surface area contributed by atoms with Crippen LogP contribution in [0.3, 0.4) is 0 Å². The van der Waals surface area contributed by atoms with Crippen LogP contribution in [0.2, 0.25) is 0 Å². The number of rotatable bonds is 1. The third-order valence-corrected chi connectivity index (χ3v) is 1.93. The molecule has 1 aromatic heterocycles. The van der Waals surface area contributed by atoms with Gasteiger partial charge in [0.1, 0.15) is 6.33 Å². The maximum absolute atomic E-state index is 3.98. The quantitative estimate of drug-likeness (QED) is 0.697. The van der Waals surface area contributed by atoms with Crippen molar-refractivity contribution in [1.82, 2.24) is 15.3 Å².